The third-order valence-corrected chi connectivity index (χ3v) is 4.07. The van der Waals surface area contributed by atoms with Crippen molar-refractivity contribution in [3.63, 3.8) is 0 Å². The first kappa shape index (κ1) is 17.0. The number of nitrogens with one attached hydrogen (secondary N) is 2. The SMILES string of the molecule is O=C(NCc1ccc(F)cc1Cl)Nc1ccccc1-c1ccccc1. The predicted molar refractivity (Wildman–Crippen MR) is 99.1 cm³/mol. The second-order valence-corrected chi connectivity index (χ2v) is 5.86. The van der Waals surface area contributed by atoms with Gasteiger partial charge in [-0.05, 0) is 29.3 Å². The minimum atomic E-state index is -0.407. The lowest BCUT2D eigenvalue weighted by molar-refractivity contribution is 0.252. The van der Waals surface area contributed by atoms with E-state index in [1.165, 1.54) is 12.1 Å². The lowest BCUT2D eigenvalue weighted by Gasteiger charge is -2.12. The number of amides is 2. The normalized spacial score (nSPS) is 10.3. The Morgan fingerprint density at radius 2 is 1.68 bits per heavy atom. The maximum Gasteiger partial charge on any atom is 0.319 e. The van der Waals surface area contributed by atoms with Gasteiger partial charge >= 0.3 is 6.03 Å². The Hall–Kier alpha value is -2.85. The molecule has 0 fully saturated rings. The van der Waals surface area contributed by atoms with Crippen LogP contribution in [0.4, 0.5) is 14.9 Å². The Balaban J connectivity index is 1.69. The standard InChI is InChI=1S/C20H16ClFN2O/c21-18-12-16(22)11-10-15(18)13-23-20(25)24-19-9-5-4-8-17(19)14-6-2-1-3-7-14/h1-12H,13H2,(H2,23,24,25). The quantitative estimate of drug-likeness (QED) is 0.641. The van der Waals surface area contributed by atoms with Crippen molar-refractivity contribution in [1.29, 1.82) is 0 Å². The fourth-order valence-electron chi connectivity index (χ4n) is 2.47. The van der Waals surface area contributed by atoms with E-state index in [9.17, 15) is 9.18 Å². The number of carbonyl (C=O) groups is 1. The molecule has 0 unspecified atom stereocenters. The van der Waals surface area contributed by atoms with Crippen molar-refractivity contribution in [3.8, 4) is 11.1 Å². The van der Waals surface area contributed by atoms with E-state index in [1.807, 2.05) is 54.6 Å². The molecule has 0 aliphatic rings. The minimum Gasteiger partial charge on any atom is -0.334 e. The van der Waals surface area contributed by atoms with Gasteiger partial charge in [-0.3, -0.25) is 0 Å². The van der Waals surface area contributed by atoms with Gasteiger partial charge in [0.05, 0.1) is 5.69 Å². The van der Waals surface area contributed by atoms with E-state index in [1.54, 1.807) is 6.07 Å². The van der Waals surface area contributed by atoms with Gasteiger partial charge in [0.1, 0.15) is 5.82 Å². The zero-order chi connectivity index (χ0) is 17.6. The van der Waals surface area contributed by atoms with Gasteiger partial charge in [0.15, 0.2) is 0 Å². The Kier molecular flexibility index (Phi) is 5.31. The Morgan fingerprint density at radius 3 is 2.44 bits per heavy atom. The van der Waals surface area contributed by atoms with Crippen LogP contribution in [-0.2, 0) is 6.54 Å². The number of carbonyl (C=O) groups excluding carboxylic acids is 1. The average molecular weight is 355 g/mol. The summed E-state index contributed by atoms with van der Waals surface area (Å²) in [6.45, 7) is 0.207. The van der Waals surface area contributed by atoms with Crippen molar-refractivity contribution in [2.45, 2.75) is 6.54 Å². The second kappa shape index (κ2) is 7.81. The molecule has 25 heavy (non-hydrogen) atoms. The highest BCUT2D eigenvalue weighted by atomic mass is 35.5. The van der Waals surface area contributed by atoms with Gasteiger partial charge in [-0.2, -0.15) is 0 Å². The van der Waals surface area contributed by atoms with Crippen molar-refractivity contribution in [3.05, 3.63) is 89.2 Å². The first-order valence-electron chi connectivity index (χ1n) is 7.77. The highest BCUT2D eigenvalue weighted by Crippen LogP contribution is 2.27. The number of hydrogen-bond donors (Lipinski definition) is 2. The first-order valence-corrected chi connectivity index (χ1v) is 8.14. The molecule has 2 N–H and O–H groups in total. The van der Waals surface area contributed by atoms with Gasteiger partial charge in [-0.15, -0.1) is 0 Å². The first-order chi connectivity index (χ1) is 12.1. The number of para-hydroxylation sites is 1. The molecule has 2 amide bonds. The lowest BCUT2D eigenvalue weighted by Crippen LogP contribution is -2.28. The molecule has 0 radical (unpaired) electrons. The van der Waals surface area contributed by atoms with E-state index in [0.717, 1.165) is 11.1 Å². The minimum absolute atomic E-state index is 0.207. The molecular weight excluding hydrogens is 339 g/mol. The van der Waals surface area contributed by atoms with Crippen LogP contribution in [0.25, 0.3) is 11.1 Å². The summed E-state index contributed by atoms with van der Waals surface area (Å²) in [5, 5.41) is 5.85. The summed E-state index contributed by atoms with van der Waals surface area (Å²) in [6, 6.07) is 21.1. The van der Waals surface area contributed by atoms with Crippen molar-refractivity contribution in [2.24, 2.45) is 0 Å². The Morgan fingerprint density at radius 1 is 0.960 bits per heavy atom. The Bertz CT molecular complexity index is 884. The average Bonchev–Trinajstić information content (AvgIpc) is 2.62. The van der Waals surface area contributed by atoms with Gasteiger partial charge in [0.2, 0.25) is 0 Å². The Labute approximate surface area is 150 Å². The summed E-state index contributed by atoms with van der Waals surface area (Å²) in [5.74, 6) is -0.407. The molecule has 3 nitrogen and oxygen atoms in total. The zero-order valence-electron chi connectivity index (χ0n) is 13.3. The molecule has 0 bridgehead atoms. The maximum atomic E-state index is 13.1. The summed E-state index contributed by atoms with van der Waals surface area (Å²) in [5.41, 5.74) is 3.30. The molecule has 3 aromatic rings. The largest absolute Gasteiger partial charge is 0.334 e. The van der Waals surface area contributed by atoms with Crippen LogP contribution in [0.3, 0.4) is 0 Å². The summed E-state index contributed by atoms with van der Waals surface area (Å²) >= 11 is 5.97. The van der Waals surface area contributed by atoms with Crippen LogP contribution in [0.15, 0.2) is 72.8 Å². The van der Waals surface area contributed by atoms with E-state index in [4.69, 9.17) is 11.6 Å². The molecule has 0 saturated heterocycles. The number of anilines is 1. The van der Waals surface area contributed by atoms with E-state index < -0.39 is 5.82 Å². The van der Waals surface area contributed by atoms with E-state index >= 15 is 0 Å². The second-order valence-electron chi connectivity index (χ2n) is 5.46. The fraction of sp³-hybridized carbons (Fsp3) is 0.0500. The summed E-state index contributed by atoms with van der Waals surface area (Å²) in [4.78, 5) is 12.2. The monoisotopic (exact) mass is 354 g/mol. The number of rotatable bonds is 4. The van der Waals surface area contributed by atoms with Crippen LogP contribution in [-0.4, -0.2) is 6.03 Å². The summed E-state index contributed by atoms with van der Waals surface area (Å²) < 4.78 is 13.1. The van der Waals surface area contributed by atoms with Crippen molar-refractivity contribution >= 4 is 23.3 Å². The lowest BCUT2D eigenvalue weighted by atomic mass is 10.0. The van der Waals surface area contributed by atoms with E-state index in [0.29, 0.717) is 11.3 Å². The van der Waals surface area contributed by atoms with Crippen molar-refractivity contribution in [1.82, 2.24) is 5.32 Å². The van der Waals surface area contributed by atoms with Crippen LogP contribution in [0.1, 0.15) is 5.56 Å². The van der Waals surface area contributed by atoms with Gasteiger partial charge in [0.25, 0.3) is 0 Å². The molecule has 0 atom stereocenters. The van der Waals surface area contributed by atoms with Crippen LogP contribution in [0.5, 0.6) is 0 Å². The maximum absolute atomic E-state index is 13.1. The van der Waals surface area contributed by atoms with Crippen LogP contribution >= 0.6 is 11.6 Å². The van der Waals surface area contributed by atoms with Crippen molar-refractivity contribution < 1.29 is 9.18 Å². The highest BCUT2D eigenvalue weighted by molar-refractivity contribution is 6.31. The third kappa shape index (κ3) is 4.37. The topological polar surface area (TPSA) is 41.1 Å². The van der Waals surface area contributed by atoms with Gasteiger partial charge in [-0.25, -0.2) is 9.18 Å². The molecule has 0 heterocycles. The molecule has 0 spiro atoms. The van der Waals surface area contributed by atoms with E-state index in [-0.39, 0.29) is 17.6 Å². The number of urea groups is 1. The summed E-state index contributed by atoms with van der Waals surface area (Å²) in [7, 11) is 0. The molecule has 0 aliphatic heterocycles. The van der Waals surface area contributed by atoms with Crippen LogP contribution in [0.2, 0.25) is 5.02 Å². The summed E-state index contributed by atoms with van der Waals surface area (Å²) in [6.07, 6.45) is 0. The molecule has 3 aromatic carbocycles. The molecule has 0 aliphatic carbocycles. The molecular formula is C20H16ClFN2O. The van der Waals surface area contributed by atoms with Gasteiger partial charge in [-0.1, -0.05) is 66.2 Å². The number of benzene rings is 3. The predicted octanol–water partition coefficient (Wildman–Crippen LogP) is 5.47. The van der Waals surface area contributed by atoms with Crippen molar-refractivity contribution in [2.75, 3.05) is 5.32 Å². The smallest absolute Gasteiger partial charge is 0.319 e. The zero-order valence-corrected chi connectivity index (χ0v) is 14.1. The van der Waals surface area contributed by atoms with Gasteiger partial charge in [0, 0.05) is 17.1 Å². The van der Waals surface area contributed by atoms with Gasteiger partial charge < -0.3 is 10.6 Å². The van der Waals surface area contributed by atoms with Crippen LogP contribution < -0.4 is 10.6 Å². The molecule has 0 saturated carbocycles. The number of hydrogen-bond acceptors (Lipinski definition) is 1. The number of halogens is 2. The highest BCUT2D eigenvalue weighted by Gasteiger charge is 2.09. The third-order valence-electron chi connectivity index (χ3n) is 3.71. The fourth-order valence-corrected chi connectivity index (χ4v) is 2.70. The molecule has 3 rings (SSSR count). The van der Waals surface area contributed by atoms with E-state index in [2.05, 4.69) is 10.6 Å². The molecule has 126 valence electrons. The molecule has 0 aromatic heterocycles. The van der Waals surface area contributed by atoms with Crippen LogP contribution in [0, 0.1) is 5.82 Å². The molecule has 5 heteroatoms.